The quantitative estimate of drug-likeness (QED) is 0.920. The van der Waals surface area contributed by atoms with Crippen molar-refractivity contribution in [2.45, 2.75) is 61.8 Å². The van der Waals surface area contributed by atoms with Crippen LogP contribution in [0, 0.1) is 0 Å². The number of pyridine rings is 1. The van der Waals surface area contributed by atoms with Crippen LogP contribution < -0.4 is 10.2 Å². The maximum atomic E-state index is 12.6. The third-order valence-electron chi connectivity index (χ3n) is 4.49. The zero-order valence-electron chi connectivity index (χ0n) is 13.5. The topological polar surface area (TPSA) is 62.3 Å². The monoisotopic (exact) mass is 333 g/mol. The van der Waals surface area contributed by atoms with Crippen molar-refractivity contribution in [1.29, 1.82) is 0 Å². The maximum absolute atomic E-state index is 12.6. The maximum Gasteiger partial charge on any atom is 0.241 e. The van der Waals surface area contributed by atoms with E-state index in [9.17, 15) is 9.59 Å². The van der Waals surface area contributed by atoms with Crippen LogP contribution >= 0.6 is 11.8 Å². The van der Waals surface area contributed by atoms with Gasteiger partial charge in [0.05, 0.1) is 10.9 Å². The molecule has 124 valence electrons. The number of amides is 2. The van der Waals surface area contributed by atoms with E-state index in [4.69, 9.17) is 0 Å². The van der Waals surface area contributed by atoms with Crippen molar-refractivity contribution in [3.63, 3.8) is 0 Å². The molecule has 0 unspecified atom stereocenters. The van der Waals surface area contributed by atoms with Gasteiger partial charge in [-0.05, 0) is 31.9 Å². The van der Waals surface area contributed by atoms with Crippen molar-refractivity contribution in [3.05, 3.63) is 18.3 Å². The first kappa shape index (κ1) is 16.3. The summed E-state index contributed by atoms with van der Waals surface area (Å²) in [4.78, 5) is 31.1. The Hall–Kier alpha value is -1.56. The second-order valence-corrected chi connectivity index (χ2v) is 7.31. The van der Waals surface area contributed by atoms with E-state index < -0.39 is 0 Å². The van der Waals surface area contributed by atoms with Crippen molar-refractivity contribution in [3.8, 4) is 0 Å². The third kappa shape index (κ3) is 3.68. The second kappa shape index (κ2) is 7.34. The number of hydrogen-bond acceptors (Lipinski definition) is 4. The number of carbonyl (C=O) groups excluding carboxylic acids is 2. The molecule has 0 spiro atoms. The van der Waals surface area contributed by atoms with Gasteiger partial charge in [0.15, 0.2) is 0 Å². The molecule has 0 radical (unpaired) electrons. The van der Waals surface area contributed by atoms with Crippen LogP contribution in [-0.4, -0.2) is 34.6 Å². The Bertz CT molecular complexity index is 587. The third-order valence-corrected chi connectivity index (χ3v) is 5.69. The van der Waals surface area contributed by atoms with Crippen LogP contribution in [0.15, 0.2) is 23.4 Å². The second-order valence-electron chi connectivity index (χ2n) is 6.12. The van der Waals surface area contributed by atoms with E-state index in [2.05, 4.69) is 10.3 Å². The van der Waals surface area contributed by atoms with Crippen molar-refractivity contribution < 1.29 is 9.59 Å². The molecule has 23 heavy (non-hydrogen) atoms. The Balaban J connectivity index is 1.66. The molecular formula is C17H23N3O2S. The minimum absolute atomic E-state index is 0.0109. The van der Waals surface area contributed by atoms with Crippen LogP contribution in [0.1, 0.15) is 45.4 Å². The average Bonchev–Trinajstić information content (AvgIpc) is 2.56. The molecule has 2 aliphatic rings. The van der Waals surface area contributed by atoms with E-state index in [-0.39, 0.29) is 29.5 Å². The van der Waals surface area contributed by atoms with Crippen LogP contribution in [0.4, 0.5) is 5.69 Å². The van der Waals surface area contributed by atoms with Crippen molar-refractivity contribution in [2.75, 3.05) is 11.4 Å². The number of thioether (sulfide) groups is 1. The first-order valence-electron chi connectivity index (χ1n) is 8.41. The summed E-state index contributed by atoms with van der Waals surface area (Å²) in [6, 6.07) is 4.04. The highest BCUT2D eigenvalue weighted by Crippen LogP contribution is 2.38. The summed E-state index contributed by atoms with van der Waals surface area (Å²) in [6.07, 6.45) is 7.70. The van der Waals surface area contributed by atoms with Gasteiger partial charge in [-0.15, -0.1) is 0 Å². The molecule has 6 heteroatoms. The van der Waals surface area contributed by atoms with Gasteiger partial charge >= 0.3 is 0 Å². The van der Waals surface area contributed by atoms with E-state index in [1.807, 2.05) is 19.1 Å². The molecule has 1 aliphatic heterocycles. The molecule has 0 bridgehead atoms. The fraction of sp³-hybridized carbons (Fsp3) is 0.588. The highest BCUT2D eigenvalue weighted by atomic mass is 32.2. The number of rotatable bonds is 4. The predicted octanol–water partition coefficient (Wildman–Crippen LogP) is 2.75. The Morgan fingerprint density at radius 2 is 2.17 bits per heavy atom. The largest absolute Gasteiger partial charge is 0.353 e. The fourth-order valence-electron chi connectivity index (χ4n) is 3.31. The van der Waals surface area contributed by atoms with Crippen LogP contribution in [0.3, 0.4) is 0 Å². The van der Waals surface area contributed by atoms with Crippen LogP contribution in [0.2, 0.25) is 0 Å². The molecule has 3 rings (SSSR count). The van der Waals surface area contributed by atoms with Gasteiger partial charge in [-0.25, -0.2) is 4.98 Å². The van der Waals surface area contributed by atoms with E-state index >= 15 is 0 Å². The van der Waals surface area contributed by atoms with Crippen molar-refractivity contribution in [2.24, 2.45) is 0 Å². The number of nitrogens with one attached hydrogen (secondary N) is 1. The number of fused-ring (bicyclic) bond motifs is 1. The Kier molecular flexibility index (Phi) is 5.20. The lowest BCUT2D eigenvalue weighted by atomic mass is 9.95. The zero-order chi connectivity index (χ0) is 16.2. The van der Waals surface area contributed by atoms with Gasteiger partial charge in [0.1, 0.15) is 5.03 Å². The molecule has 2 amide bonds. The first-order valence-corrected chi connectivity index (χ1v) is 9.29. The lowest BCUT2D eigenvalue weighted by Crippen LogP contribution is -2.44. The molecule has 1 aromatic heterocycles. The normalized spacial score (nSPS) is 21.9. The van der Waals surface area contributed by atoms with Gasteiger partial charge in [-0.2, -0.15) is 0 Å². The number of nitrogens with zero attached hydrogens (tertiary/aromatic N) is 2. The van der Waals surface area contributed by atoms with Crippen LogP contribution in [0.5, 0.6) is 0 Å². The fourth-order valence-corrected chi connectivity index (χ4v) is 4.47. The van der Waals surface area contributed by atoms with Gasteiger partial charge in [0.25, 0.3) is 0 Å². The molecule has 5 nitrogen and oxygen atoms in total. The summed E-state index contributed by atoms with van der Waals surface area (Å²) in [5, 5.41) is 3.56. The van der Waals surface area contributed by atoms with Gasteiger partial charge in [-0.3, -0.25) is 9.59 Å². The van der Waals surface area contributed by atoms with E-state index in [0.717, 1.165) is 23.6 Å². The van der Waals surface area contributed by atoms with Crippen molar-refractivity contribution >= 4 is 29.3 Å². The molecule has 1 atom stereocenters. The molecular weight excluding hydrogens is 310 g/mol. The molecule has 1 aromatic rings. The molecule has 1 N–H and O–H groups in total. The van der Waals surface area contributed by atoms with Gasteiger partial charge in [-0.1, -0.05) is 31.0 Å². The van der Waals surface area contributed by atoms with Gasteiger partial charge < -0.3 is 10.2 Å². The summed E-state index contributed by atoms with van der Waals surface area (Å²) in [6.45, 7) is 2.54. The zero-order valence-corrected chi connectivity index (χ0v) is 14.3. The van der Waals surface area contributed by atoms with Crippen molar-refractivity contribution in [1.82, 2.24) is 10.3 Å². The lowest BCUT2D eigenvalue weighted by molar-refractivity contribution is -0.125. The Morgan fingerprint density at radius 3 is 2.91 bits per heavy atom. The van der Waals surface area contributed by atoms with E-state index in [1.54, 1.807) is 11.1 Å². The molecule has 2 heterocycles. The molecule has 1 saturated carbocycles. The SMILES string of the molecule is CCN1C(=O)[C@@H](CC(=O)NC2CCCCC2)Sc2ncccc21. The Morgan fingerprint density at radius 1 is 1.39 bits per heavy atom. The Labute approximate surface area is 141 Å². The average molecular weight is 333 g/mol. The number of aromatic nitrogens is 1. The summed E-state index contributed by atoms with van der Waals surface area (Å²) < 4.78 is 0. The highest BCUT2D eigenvalue weighted by molar-refractivity contribution is 8.00. The molecule has 1 aliphatic carbocycles. The first-order chi connectivity index (χ1) is 11.2. The van der Waals surface area contributed by atoms with Crippen LogP contribution in [-0.2, 0) is 9.59 Å². The van der Waals surface area contributed by atoms with Gasteiger partial charge in [0, 0.05) is 25.2 Å². The smallest absolute Gasteiger partial charge is 0.241 e. The highest BCUT2D eigenvalue weighted by Gasteiger charge is 2.35. The van der Waals surface area contributed by atoms with Crippen LogP contribution in [0.25, 0.3) is 0 Å². The summed E-state index contributed by atoms with van der Waals surface area (Å²) in [7, 11) is 0. The van der Waals surface area contributed by atoms with E-state index in [0.29, 0.717) is 6.54 Å². The molecule has 0 saturated heterocycles. The minimum atomic E-state index is -0.374. The van der Waals surface area contributed by atoms with E-state index in [1.165, 1.54) is 31.0 Å². The standard InChI is InChI=1S/C17H23N3O2S/c1-2-20-13-9-6-10-18-16(13)23-14(17(20)22)11-15(21)19-12-7-4-3-5-8-12/h6,9-10,12,14H,2-5,7-8,11H2,1H3,(H,19,21)/t14-/m1/s1. The molecule has 1 fully saturated rings. The number of carbonyl (C=O) groups is 2. The number of anilines is 1. The number of hydrogen-bond donors (Lipinski definition) is 1. The minimum Gasteiger partial charge on any atom is -0.353 e. The van der Waals surface area contributed by atoms with Gasteiger partial charge in [0.2, 0.25) is 11.8 Å². The lowest BCUT2D eigenvalue weighted by Gasteiger charge is -2.32. The predicted molar refractivity (Wildman–Crippen MR) is 91.5 cm³/mol. The summed E-state index contributed by atoms with van der Waals surface area (Å²) >= 11 is 1.41. The molecule has 0 aromatic carbocycles. The summed E-state index contributed by atoms with van der Waals surface area (Å²) in [5.41, 5.74) is 0.855. The summed E-state index contributed by atoms with van der Waals surface area (Å²) in [5.74, 6) is -0.00465.